The summed E-state index contributed by atoms with van der Waals surface area (Å²) in [5.41, 5.74) is 14.4. The molecule has 5 nitrogen and oxygen atoms in total. The van der Waals surface area contributed by atoms with Crippen LogP contribution in [0.2, 0.25) is 0 Å². The quantitative estimate of drug-likeness (QED) is 0.167. The van der Waals surface area contributed by atoms with Gasteiger partial charge >= 0.3 is 0 Å². The summed E-state index contributed by atoms with van der Waals surface area (Å²) in [5, 5.41) is 13.3. The predicted octanol–water partition coefficient (Wildman–Crippen LogP) is 16.6. The highest BCUT2D eigenvalue weighted by atomic mass is 15.2. The van der Waals surface area contributed by atoms with Gasteiger partial charge in [-0.1, -0.05) is 152 Å². The number of rotatable bonds is 6. The molecule has 0 radical (unpaired) electrons. The van der Waals surface area contributed by atoms with Crippen molar-refractivity contribution in [1.82, 2.24) is 13.8 Å². The van der Waals surface area contributed by atoms with Crippen LogP contribution in [0.1, 0.15) is 0 Å². The number of benzene rings is 10. The lowest BCUT2D eigenvalue weighted by Gasteiger charge is -2.27. The van der Waals surface area contributed by atoms with Crippen LogP contribution in [0.15, 0.2) is 224 Å². The van der Waals surface area contributed by atoms with Crippen LogP contribution >= 0.6 is 0 Å². The molecule has 5 heteroatoms. The Morgan fingerprint density at radius 2 is 0.773 bits per heavy atom. The van der Waals surface area contributed by atoms with Crippen molar-refractivity contribution in [2.75, 3.05) is 9.80 Å². The van der Waals surface area contributed by atoms with Gasteiger partial charge in [-0.25, -0.2) is 4.98 Å². The molecular formula is C61H37N5. The first-order valence-electron chi connectivity index (χ1n) is 22.6. The first-order chi connectivity index (χ1) is 32.8. The van der Waals surface area contributed by atoms with Crippen molar-refractivity contribution in [2.45, 2.75) is 0 Å². The summed E-state index contributed by atoms with van der Waals surface area (Å²) in [7, 11) is 0. The molecule has 0 bridgehead atoms. The molecule has 0 fully saturated rings. The lowest BCUT2D eigenvalue weighted by Crippen LogP contribution is -2.11. The average molecular weight is 840 g/mol. The van der Waals surface area contributed by atoms with Crippen LogP contribution in [0.4, 0.5) is 34.1 Å². The van der Waals surface area contributed by atoms with Crippen molar-refractivity contribution < 1.29 is 0 Å². The zero-order valence-corrected chi connectivity index (χ0v) is 35.6. The molecule has 15 rings (SSSR count). The van der Waals surface area contributed by atoms with Crippen LogP contribution in [0.5, 0.6) is 0 Å². The summed E-state index contributed by atoms with van der Waals surface area (Å²) < 4.78 is 5.02. The predicted molar refractivity (Wildman–Crippen MR) is 278 cm³/mol. The Labute approximate surface area is 378 Å². The van der Waals surface area contributed by atoms with E-state index in [0.29, 0.717) is 0 Å². The number of hydrogen-bond donors (Lipinski definition) is 0. The maximum atomic E-state index is 5.95. The molecule has 0 aliphatic heterocycles. The van der Waals surface area contributed by atoms with Crippen molar-refractivity contribution >= 4 is 132 Å². The van der Waals surface area contributed by atoms with Crippen LogP contribution in [0, 0.1) is 0 Å². The Bertz CT molecular complexity index is 4310. The van der Waals surface area contributed by atoms with E-state index in [0.717, 1.165) is 72.6 Å². The van der Waals surface area contributed by atoms with Crippen LogP contribution < -0.4 is 9.80 Å². The third-order valence-corrected chi connectivity index (χ3v) is 14.0. The number of pyridine rings is 1. The van der Waals surface area contributed by atoms with E-state index in [1.54, 1.807) is 0 Å². The Balaban J connectivity index is 1.15. The minimum absolute atomic E-state index is 0.959. The summed E-state index contributed by atoms with van der Waals surface area (Å²) in [6.45, 7) is 0. The van der Waals surface area contributed by atoms with Gasteiger partial charge in [0.15, 0.2) is 0 Å². The van der Waals surface area contributed by atoms with E-state index in [-0.39, 0.29) is 0 Å². The van der Waals surface area contributed by atoms with Gasteiger partial charge < -0.3 is 14.2 Å². The van der Waals surface area contributed by atoms with Crippen molar-refractivity contribution in [1.29, 1.82) is 0 Å². The van der Waals surface area contributed by atoms with Gasteiger partial charge in [0.1, 0.15) is 5.65 Å². The third kappa shape index (κ3) is 4.70. The Hall–Kier alpha value is -8.93. The lowest BCUT2D eigenvalue weighted by molar-refractivity contribution is 1.25. The molecule has 0 saturated carbocycles. The summed E-state index contributed by atoms with van der Waals surface area (Å²) in [6.07, 6.45) is 0. The van der Waals surface area contributed by atoms with Gasteiger partial charge in [-0.15, -0.1) is 0 Å². The molecule has 0 aliphatic rings. The van der Waals surface area contributed by atoms with E-state index < -0.39 is 0 Å². The fraction of sp³-hybridized carbons (Fsp3) is 0. The van der Waals surface area contributed by atoms with E-state index in [1.807, 2.05) is 0 Å². The molecule has 0 unspecified atom stereocenters. The van der Waals surface area contributed by atoms with Crippen LogP contribution in [0.25, 0.3) is 98.0 Å². The molecule has 0 aliphatic carbocycles. The Kier molecular flexibility index (Phi) is 7.16. The molecule has 66 heavy (non-hydrogen) atoms. The molecular weight excluding hydrogens is 803 g/mol. The topological polar surface area (TPSA) is 28.2 Å². The number of nitrogens with zero attached hydrogens (tertiary/aromatic N) is 5. The highest BCUT2D eigenvalue weighted by Gasteiger charge is 2.29. The van der Waals surface area contributed by atoms with Crippen molar-refractivity contribution in [3.63, 3.8) is 0 Å². The van der Waals surface area contributed by atoms with Crippen LogP contribution in [-0.4, -0.2) is 13.8 Å². The van der Waals surface area contributed by atoms with E-state index in [1.165, 1.54) is 59.5 Å². The molecule has 0 atom stereocenters. The largest absolute Gasteiger partial charge is 0.308 e. The van der Waals surface area contributed by atoms with Gasteiger partial charge in [0, 0.05) is 60.5 Å². The SMILES string of the molecule is c1ccc(N(c2ccccc2)c2cccc3c4cccc5c6nc7c(cc6n(c23)c45)c2c3ccccc3cc3c4c5ccccc5cc(N(c5ccccc5)c5ccccc5)c4n7c32)cc1. The van der Waals surface area contributed by atoms with Crippen molar-refractivity contribution in [3.8, 4) is 0 Å². The van der Waals surface area contributed by atoms with Gasteiger partial charge in [0.2, 0.25) is 0 Å². The smallest absolute Gasteiger partial charge is 0.146 e. The van der Waals surface area contributed by atoms with Gasteiger partial charge in [0.05, 0.1) is 44.5 Å². The number of anilines is 6. The molecule has 5 heterocycles. The fourth-order valence-corrected chi connectivity index (χ4v) is 11.4. The van der Waals surface area contributed by atoms with E-state index >= 15 is 0 Å². The number of aromatic nitrogens is 3. The van der Waals surface area contributed by atoms with Crippen molar-refractivity contribution in [2.24, 2.45) is 0 Å². The van der Waals surface area contributed by atoms with Gasteiger partial charge in [-0.2, -0.15) is 0 Å². The lowest BCUT2D eigenvalue weighted by atomic mass is 9.97. The highest BCUT2D eigenvalue weighted by Crippen LogP contribution is 2.52. The normalized spacial score (nSPS) is 12.2. The van der Waals surface area contributed by atoms with Gasteiger partial charge in [0.25, 0.3) is 0 Å². The summed E-state index contributed by atoms with van der Waals surface area (Å²) in [5.74, 6) is 0. The van der Waals surface area contributed by atoms with Crippen molar-refractivity contribution in [3.05, 3.63) is 224 Å². The standard InChI is InChI=1S/C61H37N5/c1-5-21-40(22-6-1)63(41-23-7-2-8-24-41)51-34-18-32-47-46-31-17-33-48-56-52(65(57(46)48)58(47)51)37-50-55-44-29-15-13-19-38(44)35-49-54-45-30-16-14-20-39(45)36-53(60(54)66(59(49)55)61(50)62-56)64(42-25-9-3-10-26-42)43-27-11-4-12-28-43/h1-37H. The summed E-state index contributed by atoms with van der Waals surface area (Å²) in [6, 6.07) is 81.6. The maximum Gasteiger partial charge on any atom is 0.146 e. The molecule has 0 N–H and O–H groups in total. The second-order valence-electron chi connectivity index (χ2n) is 17.5. The average Bonchev–Trinajstić information content (AvgIpc) is 4.11. The molecule has 306 valence electrons. The first-order valence-corrected chi connectivity index (χ1v) is 22.6. The Morgan fingerprint density at radius 1 is 0.303 bits per heavy atom. The van der Waals surface area contributed by atoms with E-state index in [4.69, 9.17) is 4.98 Å². The summed E-state index contributed by atoms with van der Waals surface area (Å²) in [4.78, 5) is 10.8. The molecule has 10 aromatic carbocycles. The molecule has 0 spiro atoms. The second-order valence-corrected chi connectivity index (χ2v) is 17.5. The number of para-hydroxylation sites is 6. The maximum absolute atomic E-state index is 5.95. The molecule has 15 aromatic rings. The molecule has 0 saturated heterocycles. The van der Waals surface area contributed by atoms with Crippen LogP contribution in [0.3, 0.4) is 0 Å². The van der Waals surface area contributed by atoms with Crippen LogP contribution in [-0.2, 0) is 0 Å². The zero-order valence-electron chi connectivity index (χ0n) is 35.6. The van der Waals surface area contributed by atoms with Gasteiger partial charge in [-0.3, -0.25) is 4.40 Å². The second kappa shape index (κ2) is 13.3. The Morgan fingerprint density at radius 3 is 1.38 bits per heavy atom. The minimum Gasteiger partial charge on any atom is -0.308 e. The number of hydrogen-bond acceptors (Lipinski definition) is 3. The molecule has 0 amide bonds. The zero-order chi connectivity index (χ0) is 43.0. The number of fused-ring (bicyclic) bond motifs is 16. The minimum atomic E-state index is 0.959. The van der Waals surface area contributed by atoms with E-state index in [9.17, 15) is 0 Å². The van der Waals surface area contributed by atoms with E-state index in [2.05, 4.69) is 243 Å². The summed E-state index contributed by atoms with van der Waals surface area (Å²) >= 11 is 0. The fourth-order valence-electron chi connectivity index (χ4n) is 11.4. The monoisotopic (exact) mass is 839 g/mol. The van der Waals surface area contributed by atoms with Gasteiger partial charge in [-0.05, 0) is 94.3 Å². The molecule has 5 aromatic heterocycles. The first kappa shape index (κ1) is 35.5. The third-order valence-electron chi connectivity index (χ3n) is 14.0. The highest BCUT2D eigenvalue weighted by molar-refractivity contribution is 6.37.